The maximum atomic E-state index is 13.5. The molecule has 1 aromatic carbocycles. The van der Waals surface area contributed by atoms with Gasteiger partial charge in [0, 0.05) is 48.3 Å². The van der Waals surface area contributed by atoms with Crippen molar-refractivity contribution in [3.63, 3.8) is 0 Å². The Morgan fingerprint density at radius 1 is 1.02 bits per heavy atom. The quantitative estimate of drug-likeness (QED) is 0.209. The summed E-state index contributed by atoms with van der Waals surface area (Å²) in [6.45, 7) is 18.1. The number of halogens is 2. The number of fused-ring (bicyclic) bond motifs is 5. The molecule has 2 saturated carbocycles. The Labute approximate surface area is 274 Å². The van der Waals surface area contributed by atoms with Crippen LogP contribution in [0.15, 0.2) is 41.7 Å². The zero-order valence-corrected chi connectivity index (χ0v) is 29.4. The Balaban J connectivity index is 1.37. The molecule has 4 aliphatic rings. The van der Waals surface area contributed by atoms with Crippen LogP contribution in [0.5, 0.6) is 0 Å². The normalized spacial score (nSPS) is 35.7. The maximum Gasteiger partial charge on any atom is 0.343 e. The minimum Gasteiger partial charge on any atom is -0.459 e. The first-order chi connectivity index (χ1) is 20.6. The lowest BCUT2D eigenvalue weighted by atomic mass is 9.46. The molecule has 0 heterocycles. The fourth-order valence-corrected chi connectivity index (χ4v) is 9.90. The van der Waals surface area contributed by atoms with Crippen molar-refractivity contribution < 1.29 is 19.1 Å². The van der Waals surface area contributed by atoms with E-state index in [2.05, 4.69) is 44.7 Å². The second-order valence-corrected chi connectivity index (χ2v) is 16.5. The number of carbonyl (C=O) groups excluding carboxylic acids is 2. The highest BCUT2D eigenvalue weighted by atomic mass is 35.5. The van der Waals surface area contributed by atoms with Gasteiger partial charge in [0.2, 0.25) is 0 Å². The number of allylic oxidation sites excluding steroid dienone is 4. The van der Waals surface area contributed by atoms with Crippen molar-refractivity contribution in [2.75, 3.05) is 18.0 Å². The fraction of sp³-hybridized carbons (Fsp3) is 0.676. The number of nitrogens with zero attached hydrogens (tertiary/aromatic N) is 1. The van der Waals surface area contributed by atoms with E-state index in [0.717, 1.165) is 55.5 Å². The van der Waals surface area contributed by atoms with Gasteiger partial charge in [-0.05, 0) is 118 Å². The highest BCUT2D eigenvalue weighted by molar-refractivity contribution is 6.21. The number of hydrogen-bond acceptors (Lipinski definition) is 5. The van der Waals surface area contributed by atoms with E-state index in [1.165, 1.54) is 5.57 Å². The van der Waals surface area contributed by atoms with Crippen LogP contribution in [-0.2, 0) is 14.3 Å². The molecule has 2 unspecified atom stereocenters. The molecule has 5 nitrogen and oxygen atoms in total. The summed E-state index contributed by atoms with van der Waals surface area (Å²) in [7, 11) is 0. The number of aryl methyl sites for hydroxylation is 1. The number of rotatable bonds is 8. The highest BCUT2D eigenvalue weighted by Gasteiger charge is 2.64. The standard InChI is InChI=1S/C37H51Cl2NO4/c1-22-9-10-27(18-32(22)40(20-24(3)38)21-25(4)39)34(42)43-29-11-14-35(6)28(19-29)17-23(2)33-30(35)12-15-36(7)31(33)13-16-37(36,8)44-26(5)41/h9-10,17-19,23-25,30-31,33H,11-16,20-21H2,1-8H3/t23-,24?,25?,30+,31+,33-,35+,36+,37+/m1/s1. The van der Waals surface area contributed by atoms with Crippen LogP contribution in [0.1, 0.15) is 103 Å². The molecule has 242 valence electrons. The van der Waals surface area contributed by atoms with E-state index in [1.807, 2.05) is 39.0 Å². The van der Waals surface area contributed by atoms with Crippen LogP contribution < -0.4 is 4.90 Å². The highest BCUT2D eigenvalue weighted by Crippen LogP contribution is 2.68. The van der Waals surface area contributed by atoms with Crippen molar-refractivity contribution in [1.82, 2.24) is 0 Å². The van der Waals surface area contributed by atoms with E-state index in [1.54, 1.807) is 6.92 Å². The molecule has 0 radical (unpaired) electrons. The lowest BCUT2D eigenvalue weighted by Crippen LogP contribution is -2.55. The monoisotopic (exact) mass is 643 g/mol. The summed E-state index contributed by atoms with van der Waals surface area (Å²) < 4.78 is 12.1. The molecule has 0 N–H and O–H groups in total. The largest absolute Gasteiger partial charge is 0.459 e. The molecule has 0 aliphatic heterocycles. The first-order valence-electron chi connectivity index (χ1n) is 16.6. The van der Waals surface area contributed by atoms with Crippen molar-refractivity contribution in [1.29, 1.82) is 0 Å². The van der Waals surface area contributed by atoms with Crippen LogP contribution in [0, 0.1) is 41.4 Å². The van der Waals surface area contributed by atoms with Crippen LogP contribution in [0.4, 0.5) is 5.69 Å². The van der Waals surface area contributed by atoms with Gasteiger partial charge in [-0.3, -0.25) is 4.79 Å². The van der Waals surface area contributed by atoms with Crippen LogP contribution in [0.25, 0.3) is 0 Å². The Morgan fingerprint density at radius 3 is 2.32 bits per heavy atom. The molecule has 0 amide bonds. The Kier molecular flexibility index (Phi) is 9.35. The van der Waals surface area contributed by atoms with Crippen LogP contribution in [-0.4, -0.2) is 41.4 Å². The Bertz CT molecular complexity index is 1340. The number of ether oxygens (including phenoxy) is 2. The smallest absolute Gasteiger partial charge is 0.343 e. The van der Waals surface area contributed by atoms with E-state index in [-0.39, 0.29) is 33.5 Å². The van der Waals surface area contributed by atoms with Gasteiger partial charge in [0.1, 0.15) is 11.4 Å². The van der Waals surface area contributed by atoms with Gasteiger partial charge >= 0.3 is 11.9 Å². The van der Waals surface area contributed by atoms with Crippen molar-refractivity contribution in [2.45, 2.75) is 110 Å². The summed E-state index contributed by atoms with van der Waals surface area (Å²) in [5, 5.41) is -0.115. The molecule has 0 bridgehead atoms. The van der Waals surface area contributed by atoms with Gasteiger partial charge in [-0.2, -0.15) is 0 Å². The van der Waals surface area contributed by atoms with Gasteiger partial charge in [-0.1, -0.05) is 32.9 Å². The van der Waals surface area contributed by atoms with Gasteiger partial charge in [-0.15, -0.1) is 23.2 Å². The third-order valence-corrected chi connectivity index (χ3v) is 12.2. The number of anilines is 1. The second kappa shape index (κ2) is 12.3. The lowest BCUT2D eigenvalue weighted by Gasteiger charge is -2.59. The van der Waals surface area contributed by atoms with Gasteiger partial charge in [-0.25, -0.2) is 4.79 Å². The summed E-state index contributed by atoms with van der Waals surface area (Å²) in [5.41, 5.74) is 3.51. The van der Waals surface area contributed by atoms with Crippen LogP contribution in [0.2, 0.25) is 0 Å². The zero-order valence-electron chi connectivity index (χ0n) is 27.8. The summed E-state index contributed by atoms with van der Waals surface area (Å²) in [6, 6.07) is 5.74. The SMILES string of the molecule is CC(=O)O[C@@]1(C)CC[C@H]2[C@@H]3[C@H](C)C=C4C=C(OC(=O)c5ccc(C)c(N(CC(C)Cl)CC(C)Cl)c5)CC[C@]4(C)[C@H]3CC[C@@]21C. The van der Waals surface area contributed by atoms with Gasteiger partial charge in [0.25, 0.3) is 0 Å². The third kappa shape index (κ3) is 5.97. The van der Waals surface area contributed by atoms with Gasteiger partial charge < -0.3 is 14.4 Å². The van der Waals surface area contributed by atoms with E-state index < -0.39 is 5.60 Å². The Morgan fingerprint density at radius 2 is 1.68 bits per heavy atom. The van der Waals surface area contributed by atoms with Crippen molar-refractivity contribution in [2.24, 2.45) is 34.5 Å². The molecule has 0 spiro atoms. The molecule has 5 rings (SSSR count). The first-order valence-corrected chi connectivity index (χ1v) is 17.4. The topological polar surface area (TPSA) is 55.8 Å². The summed E-state index contributed by atoms with van der Waals surface area (Å²) in [5.74, 6) is 2.29. The summed E-state index contributed by atoms with van der Waals surface area (Å²) in [6.07, 6.45) is 10.5. The predicted octanol–water partition coefficient (Wildman–Crippen LogP) is 9.24. The molecule has 9 atom stereocenters. The van der Waals surface area contributed by atoms with Crippen molar-refractivity contribution in [3.05, 3.63) is 52.8 Å². The number of hydrogen-bond donors (Lipinski definition) is 0. The summed E-state index contributed by atoms with van der Waals surface area (Å²) >= 11 is 12.7. The number of alkyl halides is 2. The van der Waals surface area contributed by atoms with Crippen LogP contribution >= 0.6 is 23.2 Å². The predicted molar refractivity (Wildman–Crippen MR) is 179 cm³/mol. The first kappa shape index (κ1) is 33.4. The Hall–Kier alpha value is -1.98. The third-order valence-electron chi connectivity index (χ3n) is 11.9. The fourth-order valence-electron chi connectivity index (χ4n) is 9.57. The zero-order chi connectivity index (χ0) is 32.2. The number of esters is 2. The second-order valence-electron chi connectivity index (χ2n) is 15.0. The average molecular weight is 645 g/mol. The van der Waals surface area contributed by atoms with Crippen molar-refractivity contribution >= 4 is 40.8 Å². The maximum absolute atomic E-state index is 13.5. The van der Waals surface area contributed by atoms with Crippen molar-refractivity contribution in [3.8, 4) is 0 Å². The minimum absolute atomic E-state index is 0.00687. The molecule has 4 aliphatic carbocycles. The molecule has 7 heteroatoms. The number of carbonyl (C=O) groups is 2. The van der Waals surface area contributed by atoms with E-state index in [0.29, 0.717) is 42.3 Å². The molecule has 0 saturated heterocycles. The van der Waals surface area contributed by atoms with E-state index in [4.69, 9.17) is 32.7 Å². The van der Waals surface area contributed by atoms with Gasteiger partial charge in [0.15, 0.2) is 0 Å². The van der Waals surface area contributed by atoms with E-state index in [9.17, 15) is 9.59 Å². The molecule has 44 heavy (non-hydrogen) atoms. The molecule has 0 aromatic heterocycles. The van der Waals surface area contributed by atoms with Gasteiger partial charge in [0.05, 0.1) is 5.56 Å². The lowest BCUT2D eigenvalue weighted by molar-refractivity contribution is -0.178. The van der Waals surface area contributed by atoms with Crippen LogP contribution in [0.3, 0.4) is 0 Å². The minimum atomic E-state index is -0.399. The molecular weight excluding hydrogens is 593 g/mol. The summed E-state index contributed by atoms with van der Waals surface area (Å²) in [4.78, 5) is 27.7. The van der Waals surface area contributed by atoms with E-state index >= 15 is 0 Å². The molecular formula is C37H51Cl2NO4. The molecule has 1 aromatic rings. The number of benzene rings is 1. The average Bonchev–Trinajstić information content (AvgIpc) is 3.18. The molecule has 2 fully saturated rings.